The van der Waals surface area contributed by atoms with Crippen molar-refractivity contribution >= 4 is 5.97 Å². The van der Waals surface area contributed by atoms with E-state index in [0.717, 1.165) is 38.4 Å². The number of aryl methyl sites for hydroxylation is 1. The number of hydrogen-bond donors (Lipinski definition) is 1. The van der Waals surface area contributed by atoms with Crippen LogP contribution in [0.5, 0.6) is 0 Å². The van der Waals surface area contributed by atoms with Crippen LogP contribution < -0.4 is 0 Å². The zero-order chi connectivity index (χ0) is 13.8. The minimum absolute atomic E-state index is 0.0753. The molecule has 0 aliphatic carbocycles. The first-order chi connectivity index (χ1) is 9.11. The highest BCUT2D eigenvalue weighted by atomic mass is 16.4. The van der Waals surface area contributed by atoms with E-state index in [2.05, 4.69) is 21.8 Å². The molecule has 0 aromatic carbocycles. The van der Waals surface area contributed by atoms with Crippen LogP contribution in [-0.4, -0.2) is 63.7 Å². The molecule has 1 N–H and O–H groups in total. The smallest absolute Gasteiger partial charge is 0.305 e. The Kier molecular flexibility index (Phi) is 4.55. The Balaban J connectivity index is 2.18. The summed E-state index contributed by atoms with van der Waals surface area (Å²) in [6.45, 7) is 6.64. The zero-order valence-corrected chi connectivity index (χ0v) is 11.6. The van der Waals surface area contributed by atoms with E-state index < -0.39 is 5.97 Å². The van der Waals surface area contributed by atoms with Crippen LogP contribution >= 0.6 is 0 Å². The minimum Gasteiger partial charge on any atom is -0.481 e. The molecule has 0 amide bonds. The van der Waals surface area contributed by atoms with Gasteiger partial charge in [-0.05, 0) is 14.0 Å². The molecule has 2 heterocycles. The first kappa shape index (κ1) is 14.0. The van der Waals surface area contributed by atoms with Crippen molar-refractivity contribution in [1.29, 1.82) is 0 Å². The Labute approximate surface area is 113 Å². The van der Waals surface area contributed by atoms with Gasteiger partial charge in [-0.25, -0.2) is 4.98 Å². The number of rotatable bonds is 5. The fourth-order valence-corrected chi connectivity index (χ4v) is 2.59. The molecule has 1 unspecified atom stereocenters. The van der Waals surface area contributed by atoms with Crippen molar-refractivity contribution in [3.8, 4) is 0 Å². The van der Waals surface area contributed by atoms with Gasteiger partial charge in [0.05, 0.1) is 24.5 Å². The molecule has 1 atom stereocenters. The summed E-state index contributed by atoms with van der Waals surface area (Å²) >= 11 is 0. The predicted molar refractivity (Wildman–Crippen MR) is 72.0 cm³/mol. The second-order valence-corrected chi connectivity index (χ2v) is 5.06. The maximum atomic E-state index is 11.1. The second-order valence-electron chi connectivity index (χ2n) is 5.06. The molecule has 0 radical (unpaired) electrons. The third-order valence-electron chi connectivity index (χ3n) is 3.77. The fraction of sp³-hybridized carbons (Fsp3) is 0.692. The maximum Gasteiger partial charge on any atom is 0.305 e. The number of piperazine rings is 1. The monoisotopic (exact) mass is 266 g/mol. The van der Waals surface area contributed by atoms with Gasteiger partial charge in [-0.1, -0.05) is 0 Å². The molecule has 0 saturated carbocycles. The molecule has 1 aliphatic rings. The number of nitrogens with zero attached hydrogens (tertiary/aromatic N) is 4. The van der Waals surface area contributed by atoms with Crippen molar-refractivity contribution in [3.05, 3.63) is 18.2 Å². The van der Waals surface area contributed by atoms with Crippen LogP contribution in [0.15, 0.2) is 12.5 Å². The first-order valence-corrected chi connectivity index (χ1v) is 6.76. The van der Waals surface area contributed by atoms with Gasteiger partial charge in [-0.2, -0.15) is 0 Å². The quantitative estimate of drug-likeness (QED) is 0.848. The molecular formula is C13H22N4O2. The molecule has 1 aromatic heterocycles. The van der Waals surface area contributed by atoms with Gasteiger partial charge in [-0.15, -0.1) is 0 Å². The molecule has 106 valence electrons. The highest BCUT2D eigenvalue weighted by Gasteiger charge is 2.28. The van der Waals surface area contributed by atoms with Crippen LogP contribution in [0.1, 0.15) is 25.1 Å². The Bertz CT molecular complexity index is 424. The summed E-state index contributed by atoms with van der Waals surface area (Å²) in [4.78, 5) is 19.8. The number of imidazole rings is 1. The summed E-state index contributed by atoms with van der Waals surface area (Å²) in [5.41, 5.74) is 1.01. The largest absolute Gasteiger partial charge is 0.481 e. The summed E-state index contributed by atoms with van der Waals surface area (Å²) in [5, 5.41) is 9.16. The molecule has 0 spiro atoms. The summed E-state index contributed by atoms with van der Waals surface area (Å²) < 4.78 is 2.03. The second kappa shape index (κ2) is 6.16. The van der Waals surface area contributed by atoms with Gasteiger partial charge in [0.2, 0.25) is 0 Å². The highest BCUT2D eigenvalue weighted by Crippen LogP contribution is 2.25. The van der Waals surface area contributed by atoms with Crippen LogP contribution in [0, 0.1) is 0 Å². The number of aliphatic carboxylic acids is 1. The molecule has 1 aromatic rings. The van der Waals surface area contributed by atoms with E-state index >= 15 is 0 Å². The van der Waals surface area contributed by atoms with Gasteiger partial charge in [-0.3, -0.25) is 9.69 Å². The van der Waals surface area contributed by atoms with Crippen LogP contribution in [0.2, 0.25) is 0 Å². The number of aromatic nitrogens is 2. The lowest BCUT2D eigenvalue weighted by atomic mass is 10.1. The maximum absolute atomic E-state index is 11.1. The molecule has 6 nitrogen and oxygen atoms in total. The van der Waals surface area contributed by atoms with E-state index in [1.165, 1.54) is 0 Å². The van der Waals surface area contributed by atoms with Crippen LogP contribution in [-0.2, 0) is 11.3 Å². The molecule has 0 bridgehead atoms. The average molecular weight is 266 g/mol. The first-order valence-electron chi connectivity index (χ1n) is 6.76. The Morgan fingerprint density at radius 2 is 2.11 bits per heavy atom. The van der Waals surface area contributed by atoms with Gasteiger partial charge in [0.1, 0.15) is 0 Å². The Morgan fingerprint density at radius 1 is 1.42 bits per heavy atom. The topological polar surface area (TPSA) is 61.6 Å². The van der Waals surface area contributed by atoms with E-state index in [0.29, 0.717) is 0 Å². The van der Waals surface area contributed by atoms with E-state index in [9.17, 15) is 4.79 Å². The zero-order valence-electron chi connectivity index (χ0n) is 11.6. The normalized spacial score (nSPS) is 19.5. The van der Waals surface area contributed by atoms with Gasteiger partial charge in [0.25, 0.3) is 0 Å². The molecule has 1 fully saturated rings. The molecule has 6 heteroatoms. The van der Waals surface area contributed by atoms with Crippen molar-refractivity contribution < 1.29 is 9.90 Å². The van der Waals surface area contributed by atoms with Crippen molar-refractivity contribution in [1.82, 2.24) is 19.4 Å². The van der Waals surface area contributed by atoms with Crippen molar-refractivity contribution in [2.24, 2.45) is 0 Å². The number of hydrogen-bond acceptors (Lipinski definition) is 4. The predicted octanol–water partition coefficient (Wildman–Crippen LogP) is 0.666. The molecule has 2 rings (SSSR count). The lowest BCUT2D eigenvalue weighted by molar-refractivity contribution is -0.138. The summed E-state index contributed by atoms with van der Waals surface area (Å²) in [6.07, 6.45) is 3.71. The van der Waals surface area contributed by atoms with Crippen molar-refractivity contribution in [2.45, 2.75) is 25.9 Å². The third kappa shape index (κ3) is 3.33. The lowest BCUT2D eigenvalue weighted by Crippen LogP contribution is -2.46. The fourth-order valence-electron chi connectivity index (χ4n) is 2.59. The third-order valence-corrected chi connectivity index (χ3v) is 3.77. The number of carboxylic acids is 1. The van der Waals surface area contributed by atoms with Crippen LogP contribution in [0.4, 0.5) is 0 Å². The lowest BCUT2D eigenvalue weighted by Gasteiger charge is -2.37. The minimum atomic E-state index is -0.757. The average Bonchev–Trinajstić information content (AvgIpc) is 2.85. The highest BCUT2D eigenvalue weighted by molar-refractivity contribution is 5.67. The number of carboxylic acid groups (broad SMARTS) is 1. The van der Waals surface area contributed by atoms with E-state index in [4.69, 9.17) is 5.11 Å². The molecule has 19 heavy (non-hydrogen) atoms. The molecule has 1 saturated heterocycles. The Morgan fingerprint density at radius 3 is 2.68 bits per heavy atom. The van der Waals surface area contributed by atoms with Gasteiger partial charge in [0.15, 0.2) is 0 Å². The summed E-state index contributed by atoms with van der Waals surface area (Å²) in [5.74, 6) is -0.757. The van der Waals surface area contributed by atoms with Crippen molar-refractivity contribution in [3.63, 3.8) is 0 Å². The summed E-state index contributed by atoms with van der Waals surface area (Å²) in [7, 11) is 2.10. The van der Waals surface area contributed by atoms with E-state index in [-0.39, 0.29) is 12.5 Å². The summed E-state index contributed by atoms with van der Waals surface area (Å²) in [6, 6.07) is -0.0753. The molecular weight excluding hydrogens is 244 g/mol. The van der Waals surface area contributed by atoms with Crippen LogP contribution in [0.3, 0.4) is 0 Å². The van der Waals surface area contributed by atoms with Gasteiger partial charge < -0.3 is 14.6 Å². The van der Waals surface area contributed by atoms with Gasteiger partial charge in [0, 0.05) is 38.9 Å². The van der Waals surface area contributed by atoms with Crippen molar-refractivity contribution in [2.75, 3.05) is 33.2 Å². The van der Waals surface area contributed by atoms with E-state index in [1.807, 2.05) is 11.5 Å². The SMILES string of the molecule is CCn1cncc1C(CC(=O)O)N1CCN(C)CC1. The van der Waals surface area contributed by atoms with Gasteiger partial charge >= 0.3 is 5.97 Å². The Hall–Kier alpha value is -1.40. The van der Waals surface area contributed by atoms with Crippen LogP contribution in [0.25, 0.3) is 0 Å². The number of likely N-dealkylation sites (N-methyl/N-ethyl adjacent to an activating group) is 1. The van der Waals surface area contributed by atoms with E-state index in [1.54, 1.807) is 12.5 Å². The molecule has 1 aliphatic heterocycles. The number of carbonyl (C=O) groups is 1. The standard InChI is InChI=1S/C13H22N4O2/c1-3-16-10-14-9-12(16)11(8-13(18)19)17-6-4-15(2)5-7-17/h9-11H,3-8H2,1-2H3,(H,18,19).